The smallest absolute Gasteiger partial charge is 0.261 e. The van der Waals surface area contributed by atoms with Crippen molar-refractivity contribution in [3.05, 3.63) is 73.6 Å². The Hall–Kier alpha value is -3.21. The van der Waals surface area contributed by atoms with Crippen LogP contribution in [0, 0.1) is 6.92 Å². The molecule has 0 saturated carbocycles. The number of piperidine rings is 1. The van der Waals surface area contributed by atoms with Crippen molar-refractivity contribution < 1.29 is 14.2 Å². The number of imidazole rings is 1. The summed E-state index contributed by atoms with van der Waals surface area (Å²) in [7, 11) is 0. The number of aliphatic hydroxyl groups is 1. The summed E-state index contributed by atoms with van der Waals surface area (Å²) in [5, 5.41) is 14.3. The largest absolute Gasteiger partial charge is 0.492 e. The number of alkyl halides is 1. The van der Waals surface area contributed by atoms with E-state index in [-0.39, 0.29) is 18.8 Å². The molecule has 2 aliphatic rings. The number of anilines is 1. The molecule has 10 heteroatoms. The lowest BCUT2D eigenvalue weighted by molar-refractivity contribution is 0.191. The Balaban J connectivity index is 1.22. The van der Waals surface area contributed by atoms with E-state index < -0.39 is 6.10 Å². The fourth-order valence-electron chi connectivity index (χ4n) is 6.11. The Morgan fingerprint density at radius 1 is 1.27 bits per heavy atom. The van der Waals surface area contributed by atoms with E-state index in [4.69, 9.17) is 9.72 Å². The molecule has 8 nitrogen and oxygen atoms in total. The lowest BCUT2D eigenvalue weighted by atomic mass is 9.88. The van der Waals surface area contributed by atoms with Crippen LogP contribution in [0.5, 0.6) is 5.75 Å². The first-order valence-electron chi connectivity index (χ1n) is 14.3. The average Bonchev–Trinajstić information content (AvgIpc) is 3.63. The molecule has 216 valence electrons. The molecule has 2 aromatic heterocycles. The Kier molecular flexibility index (Phi) is 8.14. The number of hydrogen-bond donors (Lipinski definition) is 4. The van der Waals surface area contributed by atoms with Crippen molar-refractivity contribution in [1.82, 2.24) is 19.9 Å². The third kappa shape index (κ3) is 5.78. The maximum absolute atomic E-state index is 13.0. The molecule has 41 heavy (non-hydrogen) atoms. The highest BCUT2D eigenvalue weighted by atomic mass is 79.9. The Morgan fingerprint density at radius 3 is 2.90 bits per heavy atom. The Morgan fingerprint density at radius 2 is 2.10 bits per heavy atom. The number of nitrogens with zero attached hydrogens (tertiary/aromatic N) is 2. The van der Waals surface area contributed by atoms with Gasteiger partial charge in [0.25, 0.3) is 5.56 Å². The number of H-pyrrole nitrogens is 2. The van der Waals surface area contributed by atoms with E-state index in [1.165, 1.54) is 5.56 Å². The molecule has 0 bridgehead atoms. The van der Waals surface area contributed by atoms with Crippen LogP contribution in [-0.4, -0.2) is 64.4 Å². The van der Waals surface area contributed by atoms with Gasteiger partial charge in [0.15, 0.2) is 0 Å². The lowest BCUT2D eigenvalue weighted by Gasteiger charge is -2.32. The van der Waals surface area contributed by atoms with Crippen LogP contribution >= 0.6 is 15.9 Å². The topological polar surface area (TPSA) is 106 Å². The number of hydrogen-bond acceptors (Lipinski definition) is 6. The third-order valence-corrected chi connectivity index (χ3v) is 8.88. The van der Waals surface area contributed by atoms with E-state index in [1.54, 1.807) is 12.3 Å². The number of aliphatic hydroxyl groups excluding tert-OH is 1. The summed E-state index contributed by atoms with van der Waals surface area (Å²) in [5.41, 5.74) is 6.64. The second-order valence-corrected chi connectivity index (χ2v) is 11.9. The van der Waals surface area contributed by atoms with Crippen LogP contribution in [0.25, 0.3) is 22.4 Å². The summed E-state index contributed by atoms with van der Waals surface area (Å²) in [5.74, 6) is 1.77. The minimum atomic E-state index is -0.784. The van der Waals surface area contributed by atoms with Gasteiger partial charge in [-0.1, -0.05) is 6.07 Å². The van der Waals surface area contributed by atoms with Gasteiger partial charge in [-0.25, -0.2) is 4.98 Å². The molecule has 1 saturated heterocycles. The first-order chi connectivity index (χ1) is 19.9. The molecule has 4 N–H and O–H groups in total. The molecule has 0 unspecified atom stereocenters. The molecule has 6 rings (SSSR count). The number of halogens is 2. The van der Waals surface area contributed by atoms with E-state index in [9.17, 15) is 14.3 Å². The highest BCUT2D eigenvalue weighted by Gasteiger charge is 2.23. The molecule has 0 radical (unpaired) electrons. The fraction of sp³-hybridized carbons (Fsp3) is 0.419. The van der Waals surface area contributed by atoms with Crippen LogP contribution in [-0.2, 0) is 6.42 Å². The number of ether oxygens (including phenoxy) is 1. The predicted octanol–water partition coefficient (Wildman–Crippen LogP) is 5.61. The van der Waals surface area contributed by atoms with Crippen molar-refractivity contribution in [3.63, 3.8) is 0 Å². The molecule has 2 aliphatic heterocycles. The van der Waals surface area contributed by atoms with Crippen LogP contribution in [0.4, 0.5) is 10.1 Å². The molecule has 0 amide bonds. The van der Waals surface area contributed by atoms with Crippen LogP contribution < -0.4 is 15.6 Å². The molecular formula is C31H35BrFN5O3. The number of pyridine rings is 1. The number of aromatic amines is 2. The molecular weight excluding hydrogens is 589 g/mol. The summed E-state index contributed by atoms with van der Waals surface area (Å²) in [4.78, 5) is 26.4. The molecule has 1 atom stereocenters. The van der Waals surface area contributed by atoms with Crippen LogP contribution in [0.2, 0.25) is 0 Å². The van der Waals surface area contributed by atoms with Crippen LogP contribution in [0.3, 0.4) is 0 Å². The van der Waals surface area contributed by atoms with E-state index >= 15 is 0 Å². The molecule has 1 fully saturated rings. The second-order valence-electron chi connectivity index (χ2n) is 11.1. The second kappa shape index (κ2) is 12.0. The van der Waals surface area contributed by atoms with Crippen molar-refractivity contribution in [3.8, 4) is 17.1 Å². The zero-order chi connectivity index (χ0) is 28.5. The molecule has 0 spiro atoms. The molecule has 0 aliphatic carbocycles. The Labute approximate surface area is 246 Å². The van der Waals surface area contributed by atoms with E-state index in [1.807, 2.05) is 12.1 Å². The Bertz CT molecular complexity index is 1610. The standard InChI is InChI=1S/C31H35BrFN5O3/c1-18-13-21(19-4-10-38(11-5-19)9-2-7-33)16-25-28(18)37-30(36-25)27-24(3-8-34-31(27)40)35-17-26(39)22-14-20-6-12-41-29(20)23(32)15-22/h3,8,13-16,19,26,39H,2,4-7,9-12,17H2,1H3,(H,36,37)(H2,34,35,40)/t26-/m1/s1. The van der Waals surface area contributed by atoms with Gasteiger partial charge in [0.2, 0.25) is 0 Å². The monoisotopic (exact) mass is 623 g/mol. The normalized spacial score (nSPS) is 16.6. The molecule has 4 aromatic rings. The minimum absolute atomic E-state index is 0.218. The number of likely N-dealkylation sites (tertiary alicyclic amines) is 1. The number of rotatable bonds is 9. The maximum Gasteiger partial charge on any atom is 0.261 e. The first-order valence-corrected chi connectivity index (χ1v) is 15.1. The van der Waals surface area contributed by atoms with Gasteiger partial charge >= 0.3 is 0 Å². The van der Waals surface area contributed by atoms with Crippen molar-refractivity contribution in [1.29, 1.82) is 0 Å². The van der Waals surface area contributed by atoms with Gasteiger partial charge in [0.1, 0.15) is 17.1 Å². The summed E-state index contributed by atoms with van der Waals surface area (Å²) in [6.45, 7) is 5.43. The first kappa shape index (κ1) is 27.9. The van der Waals surface area contributed by atoms with Gasteiger partial charge in [0.05, 0.1) is 40.6 Å². The van der Waals surface area contributed by atoms with Gasteiger partial charge < -0.3 is 30.0 Å². The van der Waals surface area contributed by atoms with Gasteiger partial charge in [0, 0.05) is 25.7 Å². The quantitative estimate of drug-likeness (QED) is 0.193. The lowest BCUT2D eigenvalue weighted by Crippen LogP contribution is -2.33. The number of nitrogens with one attached hydrogen (secondary N) is 3. The van der Waals surface area contributed by atoms with Crippen LogP contribution in [0.1, 0.15) is 53.5 Å². The SMILES string of the molecule is Cc1cc(C2CCN(CCCF)CC2)cc2[nH]c(-c3c(NC[C@@H](O)c4cc(Br)c5c(c4)CCO5)cc[nH]c3=O)nc12. The highest BCUT2D eigenvalue weighted by molar-refractivity contribution is 9.10. The fourth-order valence-corrected chi connectivity index (χ4v) is 6.74. The summed E-state index contributed by atoms with van der Waals surface area (Å²) < 4.78 is 19.1. The average molecular weight is 625 g/mol. The summed E-state index contributed by atoms with van der Waals surface area (Å²) >= 11 is 3.55. The molecule has 4 heterocycles. The van der Waals surface area contributed by atoms with E-state index in [0.29, 0.717) is 36.0 Å². The van der Waals surface area contributed by atoms with Crippen LogP contribution in [0.15, 0.2) is 45.8 Å². The van der Waals surface area contributed by atoms with E-state index in [0.717, 1.165) is 76.8 Å². The zero-order valence-corrected chi connectivity index (χ0v) is 24.7. The minimum Gasteiger partial charge on any atom is -0.492 e. The van der Waals surface area contributed by atoms with Gasteiger partial charge in [-0.05, 0) is 108 Å². The maximum atomic E-state index is 13.0. The zero-order valence-electron chi connectivity index (χ0n) is 23.1. The van der Waals surface area contributed by atoms with Gasteiger partial charge in [-0.3, -0.25) is 9.18 Å². The van der Waals surface area contributed by atoms with Crippen molar-refractivity contribution >= 4 is 32.7 Å². The third-order valence-electron chi connectivity index (χ3n) is 8.30. The number of benzene rings is 2. The summed E-state index contributed by atoms with van der Waals surface area (Å²) in [6.07, 6.45) is 4.31. The predicted molar refractivity (Wildman–Crippen MR) is 163 cm³/mol. The molecule has 2 aromatic carbocycles. The van der Waals surface area contributed by atoms with Gasteiger partial charge in [-0.15, -0.1) is 0 Å². The van der Waals surface area contributed by atoms with E-state index in [2.05, 4.69) is 55.2 Å². The number of aryl methyl sites for hydroxylation is 1. The van der Waals surface area contributed by atoms with Gasteiger partial charge in [-0.2, -0.15) is 0 Å². The summed E-state index contributed by atoms with van der Waals surface area (Å²) in [6, 6.07) is 10.0. The highest BCUT2D eigenvalue weighted by Crippen LogP contribution is 2.37. The van der Waals surface area contributed by atoms with Crippen molar-refractivity contribution in [2.24, 2.45) is 0 Å². The van der Waals surface area contributed by atoms with Crippen molar-refractivity contribution in [2.75, 3.05) is 44.8 Å². The number of aromatic nitrogens is 3. The number of fused-ring (bicyclic) bond motifs is 2. The van der Waals surface area contributed by atoms with Crippen molar-refractivity contribution in [2.45, 2.75) is 44.6 Å².